The molecule has 0 unspecified atom stereocenters. The lowest BCUT2D eigenvalue weighted by molar-refractivity contribution is -0.116. The summed E-state index contributed by atoms with van der Waals surface area (Å²) in [6.07, 6.45) is 2.33. The number of hydrogen-bond acceptors (Lipinski definition) is 3. The molecule has 3 aromatic rings. The molecule has 0 saturated carbocycles. The number of ether oxygens (including phenoxy) is 1. The number of nitrogens with zero attached hydrogens (tertiary/aromatic N) is 2. The van der Waals surface area contributed by atoms with E-state index in [2.05, 4.69) is 10.4 Å². The van der Waals surface area contributed by atoms with E-state index in [-0.39, 0.29) is 17.9 Å². The minimum atomic E-state index is -0.0465. The van der Waals surface area contributed by atoms with Crippen LogP contribution in [0, 0.1) is 0 Å². The Balaban J connectivity index is 1.71. The van der Waals surface area contributed by atoms with Crippen LogP contribution in [0.3, 0.4) is 0 Å². The van der Waals surface area contributed by atoms with E-state index in [0.717, 1.165) is 22.6 Å². The van der Waals surface area contributed by atoms with Crippen LogP contribution in [-0.2, 0) is 4.79 Å². The van der Waals surface area contributed by atoms with Crippen molar-refractivity contribution < 1.29 is 9.53 Å². The molecule has 5 nitrogen and oxygen atoms in total. The highest BCUT2D eigenvalue weighted by atomic mass is 35.5. The van der Waals surface area contributed by atoms with Crippen LogP contribution in [-0.4, -0.2) is 21.8 Å². The van der Waals surface area contributed by atoms with Crippen molar-refractivity contribution >= 4 is 23.3 Å². The Morgan fingerprint density at radius 2 is 2.00 bits per heavy atom. The molecule has 6 heteroatoms. The number of carbonyl (C=O) groups is 1. The van der Waals surface area contributed by atoms with Crippen LogP contribution in [0.15, 0.2) is 54.7 Å². The first-order chi connectivity index (χ1) is 13.0. The second-order valence-electron chi connectivity index (χ2n) is 6.88. The average Bonchev–Trinajstić information content (AvgIpc) is 3.05. The van der Waals surface area contributed by atoms with Gasteiger partial charge in [0.1, 0.15) is 11.6 Å². The van der Waals surface area contributed by atoms with Crippen molar-refractivity contribution in [3.8, 4) is 11.4 Å². The number of aromatic nitrogens is 2. The van der Waals surface area contributed by atoms with E-state index >= 15 is 0 Å². The van der Waals surface area contributed by atoms with Gasteiger partial charge >= 0.3 is 0 Å². The summed E-state index contributed by atoms with van der Waals surface area (Å²) < 4.78 is 7.44. The standard InChI is InChI=1S/C21H20ClN3O2/c1-13(2)27-17-8-6-14(7-9-17)18-11-20(26)24-21-19(18)12-23-25(21)16-5-3-4-15(22)10-16/h3-10,12-13,18H,11H2,1-2H3,(H,24,26)/t18-/m0/s1. The van der Waals surface area contributed by atoms with E-state index in [1.165, 1.54) is 0 Å². The normalized spacial score (nSPS) is 16.1. The van der Waals surface area contributed by atoms with Gasteiger partial charge in [0.15, 0.2) is 0 Å². The minimum Gasteiger partial charge on any atom is -0.491 e. The Labute approximate surface area is 162 Å². The number of fused-ring (bicyclic) bond motifs is 1. The topological polar surface area (TPSA) is 56.1 Å². The molecule has 0 bridgehead atoms. The van der Waals surface area contributed by atoms with Crippen LogP contribution in [0.2, 0.25) is 5.02 Å². The van der Waals surface area contributed by atoms with Gasteiger partial charge in [-0.15, -0.1) is 0 Å². The lowest BCUT2D eigenvalue weighted by atomic mass is 9.87. The maximum Gasteiger partial charge on any atom is 0.226 e. The van der Waals surface area contributed by atoms with E-state index in [1.807, 2.05) is 68.6 Å². The predicted molar refractivity (Wildman–Crippen MR) is 106 cm³/mol. The molecule has 0 spiro atoms. The van der Waals surface area contributed by atoms with Gasteiger partial charge < -0.3 is 10.1 Å². The van der Waals surface area contributed by atoms with Crippen molar-refractivity contribution in [1.82, 2.24) is 9.78 Å². The summed E-state index contributed by atoms with van der Waals surface area (Å²) in [6, 6.07) is 15.3. The number of halogens is 1. The van der Waals surface area contributed by atoms with E-state index < -0.39 is 0 Å². The van der Waals surface area contributed by atoms with Crippen LogP contribution < -0.4 is 10.1 Å². The zero-order valence-corrected chi connectivity index (χ0v) is 15.9. The summed E-state index contributed by atoms with van der Waals surface area (Å²) in [5.74, 6) is 1.44. The van der Waals surface area contributed by atoms with Gasteiger partial charge in [0.25, 0.3) is 0 Å². The molecule has 0 fully saturated rings. The summed E-state index contributed by atoms with van der Waals surface area (Å²) in [4.78, 5) is 12.4. The van der Waals surface area contributed by atoms with E-state index in [4.69, 9.17) is 16.3 Å². The Morgan fingerprint density at radius 1 is 1.22 bits per heavy atom. The second-order valence-corrected chi connectivity index (χ2v) is 7.32. The van der Waals surface area contributed by atoms with E-state index in [0.29, 0.717) is 17.3 Å². The number of amides is 1. The Morgan fingerprint density at radius 3 is 2.70 bits per heavy atom. The first-order valence-electron chi connectivity index (χ1n) is 8.91. The fourth-order valence-electron chi connectivity index (χ4n) is 3.37. The third-order valence-electron chi connectivity index (χ3n) is 4.53. The van der Waals surface area contributed by atoms with Gasteiger partial charge in [-0.25, -0.2) is 4.68 Å². The summed E-state index contributed by atoms with van der Waals surface area (Å²) in [6.45, 7) is 3.99. The Bertz CT molecular complexity index is 979. The van der Waals surface area contributed by atoms with E-state index in [9.17, 15) is 4.79 Å². The highest BCUT2D eigenvalue weighted by Crippen LogP contribution is 2.38. The molecule has 1 amide bonds. The zero-order valence-electron chi connectivity index (χ0n) is 15.1. The number of anilines is 1. The summed E-state index contributed by atoms with van der Waals surface area (Å²) in [7, 11) is 0. The fraction of sp³-hybridized carbons (Fsp3) is 0.238. The van der Waals surface area contributed by atoms with Gasteiger partial charge in [0, 0.05) is 22.9 Å². The molecule has 1 aromatic heterocycles. The van der Waals surface area contributed by atoms with Gasteiger partial charge in [-0.3, -0.25) is 4.79 Å². The number of hydrogen-bond donors (Lipinski definition) is 1. The quantitative estimate of drug-likeness (QED) is 0.707. The molecule has 1 N–H and O–H groups in total. The highest BCUT2D eigenvalue weighted by molar-refractivity contribution is 6.30. The SMILES string of the molecule is CC(C)Oc1ccc([C@@H]2CC(=O)Nc3c2cnn3-c2cccc(Cl)c2)cc1. The molecule has 0 aliphatic carbocycles. The minimum absolute atomic E-state index is 0.0289. The van der Waals surface area contributed by atoms with Crippen molar-refractivity contribution in [3.63, 3.8) is 0 Å². The van der Waals surface area contributed by atoms with Crippen molar-refractivity contribution in [2.75, 3.05) is 5.32 Å². The lowest BCUT2D eigenvalue weighted by Crippen LogP contribution is -2.24. The Kier molecular flexibility index (Phi) is 4.62. The number of benzene rings is 2. The second kappa shape index (κ2) is 7.08. The smallest absolute Gasteiger partial charge is 0.226 e. The fourth-order valence-corrected chi connectivity index (χ4v) is 3.56. The van der Waals surface area contributed by atoms with Gasteiger partial charge in [-0.2, -0.15) is 5.10 Å². The first-order valence-corrected chi connectivity index (χ1v) is 9.29. The Hall–Kier alpha value is -2.79. The molecule has 1 aliphatic rings. The van der Waals surface area contributed by atoms with Gasteiger partial charge in [-0.1, -0.05) is 29.8 Å². The summed E-state index contributed by atoms with van der Waals surface area (Å²) >= 11 is 6.11. The van der Waals surface area contributed by atoms with E-state index in [1.54, 1.807) is 4.68 Å². The molecule has 0 radical (unpaired) electrons. The number of nitrogens with one attached hydrogen (secondary N) is 1. The molecule has 1 atom stereocenters. The van der Waals surface area contributed by atoms with Gasteiger partial charge in [-0.05, 0) is 49.7 Å². The third-order valence-corrected chi connectivity index (χ3v) is 4.76. The molecule has 1 aliphatic heterocycles. The van der Waals surface area contributed by atoms with Crippen LogP contribution in [0.1, 0.15) is 37.3 Å². The molecule has 0 saturated heterocycles. The average molecular weight is 382 g/mol. The number of rotatable bonds is 4. The van der Waals surface area contributed by atoms with Crippen molar-refractivity contribution in [3.05, 3.63) is 70.9 Å². The maximum atomic E-state index is 12.4. The van der Waals surface area contributed by atoms with Crippen molar-refractivity contribution in [1.29, 1.82) is 0 Å². The van der Waals surface area contributed by atoms with Crippen LogP contribution in [0.5, 0.6) is 5.75 Å². The van der Waals surface area contributed by atoms with Crippen LogP contribution in [0.4, 0.5) is 5.82 Å². The molecular weight excluding hydrogens is 362 g/mol. The molecule has 27 heavy (non-hydrogen) atoms. The number of carbonyl (C=O) groups excluding carboxylic acids is 1. The maximum absolute atomic E-state index is 12.4. The monoisotopic (exact) mass is 381 g/mol. The zero-order chi connectivity index (χ0) is 19.0. The molecular formula is C21H20ClN3O2. The molecule has 138 valence electrons. The summed E-state index contributed by atoms with van der Waals surface area (Å²) in [5, 5.41) is 8.07. The first kappa shape index (κ1) is 17.6. The molecule has 2 aromatic carbocycles. The van der Waals surface area contributed by atoms with Crippen LogP contribution in [0.25, 0.3) is 5.69 Å². The van der Waals surface area contributed by atoms with Gasteiger partial charge in [0.05, 0.1) is 18.0 Å². The largest absolute Gasteiger partial charge is 0.491 e. The predicted octanol–water partition coefficient (Wildman–Crippen LogP) is 4.79. The van der Waals surface area contributed by atoms with Crippen molar-refractivity contribution in [2.45, 2.75) is 32.3 Å². The third kappa shape index (κ3) is 3.55. The highest BCUT2D eigenvalue weighted by Gasteiger charge is 2.30. The van der Waals surface area contributed by atoms with Crippen LogP contribution >= 0.6 is 11.6 Å². The van der Waals surface area contributed by atoms with Gasteiger partial charge in [0.2, 0.25) is 5.91 Å². The molecule has 4 rings (SSSR count). The lowest BCUT2D eigenvalue weighted by Gasteiger charge is -2.24. The van der Waals surface area contributed by atoms with Crippen molar-refractivity contribution in [2.24, 2.45) is 0 Å². The summed E-state index contributed by atoms with van der Waals surface area (Å²) in [5.41, 5.74) is 2.87. The molecule has 2 heterocycles.